The van der Waals surface area contributed by atoms with Crippen molar-refractivity contribution in [2.24, 2.45) is 5.92 Å². The van der Waals surface area contributed by atoms with E-state index in [1.807, 2.05) is 31.2 Å². The third-order valence-corrected chi connectivity index (χ3v) is 6.00. The fraction of sp³-hybridized carbons (Fsp3) is 0.696. The van der Waals surface area contributed by atoms with E-state index < -0.39 is 0 Å². The predicted octanol–water partition coefficient (Wildman–Crippen LogP) is 2.19. The Morgan fingerprint density at radius 3 is 2.11 bits per heavy atom. The van der Waals surface area contributed by atoms with Crippen molar-refractivity contribution in [1.82, 2.24) is 0 Å². The average Bonchev–Trinajstić information content (AvgIpc) is 2.54. The minimum absolute atomic E-state index is 0. The van der Waals surface area contributed by atoms with Gasteiger partial charge < -0.3 is 33.2 Å². The summed E-state index contributed by atoms with van der Waals surface area (Å²) in [5.74, 6) is 0.646. The van der Waals surface area contributed by atoms with E-state index in [1.54, 1.807) is 0 Å². The molecule has 0 spiro atoms. The van der Waals surface area contributed by atoms with Crippen LogP contribution in [0.4, 0.5) is 0 Å². The molecular formula is C23H38INO2. The molecule has 0 saturated heterocycles. The highest BCUT2D eigenvalue weighted by atomic mass is 127. The normalized spacial score (nSPS) is 21.9. The molecule has 0 radical (unpaired) electrons. The number of nitrogens with zero attached hydrogens (tertiary/aromatic N) is 1. The molecule has 0 bridgehead atoms. The van der Waals surface area contributed by atoms with Crippen LogP contribution in [0.1, 0.15) is 76.2 Å². The summed E-state index contributed by atoms with van der Waals surface area (Å²) in [6, 6.07) is 8.52. The largest absolute Gasteiger partial charge is 1.00 e. The van der Waals surface area contributed by atoms with Crippen LogP contribution < -0.4 is 24.0 Å². The maximum atomic E-state index is 12.5. The van der Waals surface area contributed by atoms with Gasteiger partial charge in [-0.15, -0.1) is 0 Å². The van der Waals surface area contributed by atoms with Crippen LogP contribution in [0, 0.1) is 5.92 Å². The monoisotopic (exact) mass is 487 g/mol. The van der Waals surface area contributed by atoms with Gasteiger partial charge in [-0.1, -0.05) is 39.8 Å². The van der Waals surface area contributed by atoms with Gasteiger partial charge in [0.25, 0.3) is 0 Å². The summed E-state index contributed by atoms with van der Waals surface area (Å²) in [6.45, 7) is 11.8. The van der Waals surface area contributed by atoms with Crippen LogP contribution in [-0.4, -0.2) is 43.2 Å². The predicted molar refractivity (Wildman–Crippen MR) is 108 cm³/mol. The van der Waals surface area contributed by atoms with Crippen LogP contribution in [0.2, 0.25) is 0 Å². The lowest BCUT2D eigenvalue weighted by molar-refractivity contribution is -0.919. The number of benzene rings is 1. The highest BCUT2D eigenvalue weighted by Gasteiger charge is 2.33. The van der Waals surface area contributed by atoms with Gasteiger partial charge in [0.2, 0.25) is 0 Å². The molecule has 1 saturated carbocycles. The third kappa shape index (κ3) is 7.04. The second-order valence-corrected chi connectivity index (χ2v) is 9.92. The molecule has 0 heterocycles. The fourth-order valence-electron chi connectivity index (χ4n) is 4.15. The smallest absolute Gasteiger partial charge is 0.338 e. The molecule has 154 valence electrons. The van der Waals surface area contributed by atoms with E-state index in [2.05, 4.69) is 41.8 Å². The van der Waals surface area contributed by atoms with Crippen LogP contribution in [-0.2, 0) is 10.2 Å². The summed E-state index contributed by atoms with van der Waals surface area (Å²) in [5.41, 5.74) is 1.96. The first-order chi connectivity index (χ1) is 12.0. The summed E-state index contributed by atoms with van der Waals surface area (Å²) in [4.78, 5) is 12.5. The molecular weight excluding hydrogens is 449 g/mol. The SMILES string of the molecule is CC1CCC([N+](C)(C)CC(C)OC(=O)c2ccc(C(C)(C)C)cc2)CC1.[I-]. The zero-order chi connectivity index (χ0) is 19.5. The van der Waals surface area contributed by atoms with Gasteiger partial charge in [0.05, 0.1) is 25.7 Å². The zero-order valence-electron chi connectivity index (χ0n) is 18.2. The van der Waals surface area contributed by atoms with E-state index >= 15 is 0 Å². The van der Waals surface area contributed by atoms with E-state index in [1.165, 1.54) is 31.2 Å². The number of carbonyl (C=O) groups is 1. The van der Waals surface area contributed by atoms with E-state index in [-0.39, 0.29) is 41.5 Å². The summed E-state index contributed by atoms with van der Waals surface area (Å²) >= 11 is 0. The molecule has 1 unspecified atom stereocenters. The number of ether oxygens (including phenoxy) is 1. The van der Waals surface area contributed by atoms with Gasteiger partial charge in [0.15, 0.2) is 0 Å². The Labute approximate surface area is 183 Å². The summed E-state index contributed by atoms with van der Waals surface area (Å²) in [7, 11) is 4.56. The molecule has 3 nitrogen and oxygen atoms in total. The van der Waals surface area contributed by atoms with Crippen LogP contribution in [0.5, 0.6) is 0 Å². The van der Waals surface area contributed by atoms with Crippen molar-refractivity contribution in [2.75, 3.05) is 20.6 Å². The second kappa shape index (κ2) is 9.73. The molecule has 1 aromatic carbocycles. The molecule has 0 aromatic heterocycles. The number of esters is 1. The molecule has 1 aromatic rings. The van der Waals surface area contributed by atoms with Gasteiger partial charge in [-0.3, -0.25) is 0 Å². The van der Waals surface area contributed by atoms with Crippen molar-refractivity contribution < 1.29 is 38.0 Å². The molecule has 0 aliphatic heterocycles. The molecule has 1 atom stereocenters. The average molecular weight is 487 g/mol. The van der Waals surface area contributed by atoms with Crippen LogP contribution in [0.15, 0.2) is 24.3 Å². The van der Waals surface area contributed by atoms with Gasteiger partial charge in [0, 0.05) is 0 Å². The van der Waals surface area contributed by atoms with Gasteiger partial charge in [0.1, 0.15) is 12.6 Å². The van der Waals surface area contributed by atoms with Crippen LogP contribution >= 0.6 is 0 Å². The second-order valence-electron chi connectivity index (χ2n) is 9.92. The highest BCUT2D eigenvalue weighted by molar-refractivity contribution is 5.89. The minimum Gasteiger partial charge on any atom is -1.00 e. The number of halogens is 1. The summed E-state index contributed by atoms with van der Waals surface area (Å²) in [6.07, 6.45) is 5.12. The molecule has 4 heteroatoms. The summed E-state index contributed by atoms with van der Waals surface area (Å²) < 4.78 is 6.69. The third-order valence-electron chi connectivity index (χ3n) is 6.00. The van der Waals surface area contributed by atoms with Gasteiger partial charge >= 0.3 is 5.97 Å². The lowest BCUT2D eigenvalue weighted by Gasteiger charge is -2.42. The number of hydrogen-bond acceptors (Lipinski definition) is 2. The molecule has 1 aliphatic rings. The number of likely N-dealkylation sites (N-methyl/N-ethyl adjacent to an activating group) is 1. The summed E-state index contributed by atoms with van der Waals surface area (Å²) in [5, 5.41) is 0. The van der Waals surface area contributed by atoms with Crippen LogP contribution in [0.25, 0.3) is 0 Å². The highest BCUT2D eigenvalue weighted by Crippen LogP contribution is 2.30. The fourth-order valence-corrected chi connectivity index (χ4v) is 4.15. The first kappa shape index (κ1) is 24.4. The molecule has 1 fully saturated rings. The maximum Gasteiger partial charge on any atom is 0.338 e. The number of hydrogen-bond donors (Lipinski definition) is 0. The standard InChI is InChI=1S/C23H38NO2.HI/c1-17-8-14-21(15-9-17)24(6,7)16-18(2)26-22(25)19-10-12-20(13-11-19)23(3,4)5;/h10-13,17-18,21H,8-9,14-16H2,1-7H3;1H/q+1;/p-1. The van der Waals surface area contributed by atoms with Gasteiger partial charge in [-0.25, -0.2) is 4.79 Å². The van der Waals surface area contributed by atoms with Gasteiger partial charge in [-0.2, -0.15) is 0 Å². The lowest BCUT2D eigenvalue weighted by Crippen LogP contribution is -3.00. The molecule has 27 heavy (non-hydrogen) atoms. The van der Waals surface area contributed by atoms with Gasteiger partial charge in [-0.05, 0) is 61.6 Å². The number of quaternary nitrogens is 1. The Balaban J connectivity index is 0.00000364. The van der Waals surface area contributed by atoms with Crippen molar-refractivity contribution >= 4 is 5.97 Å². The Hall–Kier alpha value is -0.620. The topological polar surface area (TPSA) is 26.3 Å². The van der Waals surface area contributed by atoms with E-state index in [0.29, 0.717) is 11.6 Å². The zero-order valence-corrected chi connectivity index (χ0v) is 20.4. The van der Waals surface area contributed by atoms with Crippen LogP contribution in [0.3, 0.4) is 0 Å². The molecule has 1 aliphatic carbocycles. The number of rotatable bonds is 5. The molecule has 0 N–H and O–H groups in total. The van der Waals surface area contributed by atoms with Crippen molar-refractivity contribution in [3.05, 3.63) is 35.4 Å². The van der Waals surface area contributed by atoms with Crippen molar-refractivity contribution in [3.63, 3.8) is 0 Å². The first-order valence-electron chi connectivity index (χ1n) is 10.1. The molecule has 0 amide bonds. The maximum absolute atomic E-state index is 12.5. The Bertz CT molecular complexity index is 596. The Kier molecular flexibility index (Phi) is 8.80. The van der Waals surface area contributed by atoms with Crippen molar-refractivity contribution in [3.8, 4) is 0 Å². The Morgan fingerprint density at radius 2 is 1.63 bits per heavy atom. The number of carbonyl (C=O) groups excluding carboxylic acids is 1. The first-order valence-corrected chi connectivity index (χ1v) is 10.1. The van der Waals surface area contributed by atoms with E-state index in [0.717, 1.165) is 16.9 Å². The van der Waals surface area contributed by atoms with E-state index in [9.17, 15) is 4.79 Å². The minimum atomic E-state index is -0.213. The Morgan fingerprint density at radius 1 is 1.11 bits per heavy atom. The van der Waals surface area contributed by atoms with Crippen molar-refractivity contribution in [2.45, 2.75) is 77.9 Å². The molecule has 2 rings (SSSR count). The quantitative estimate of drug-likeness (QED) is 0.362. The van der Waals surface area contributed by atoms with Crippen molar-refractivity contribution in [1.29, 1.82) is 0 Å². The van der Waals surface area contributed by atoms with E-state index in [4.69, 9.17) is 4.74 Å². The lowest BCUT2D eigenvalue weighted by atomic mass is 9.86.